The molecule has 220 valence electrons. The Balaban J connectivity index is 1.28. The molecule has 42 heavy (non-hydrogen) atoms. The third-order valence-electron chi connectivity index (χ3n) is 7.26. The predicted octanol–water partition coefficient (Wildman–Crippen LogP) is 2.89. The third kappa shape index (κ3) is 6.28. The summed E-state index contributed by atoms with van der Waals surface area (Å²) in [5.41, 5.74) is 10.3. The summed E-state index contributed by atoms with van der Waals surface area (Å²) < 4.78 is 5.53. The normalized spacial score (nSPS) is 19.3. The Bertz CT molecular complexity index is 1500. The molecule has 11 nitrogen and oxygen atoms in total. The van der Waals surface area contributed by atoms with Gasteiger partial charge in [-0.15, -0.1) is 0 Å². The number of amides is 2. The van der Waals surface area contributed by atoms with E-state index < -0.39 is 6.04 Å². The first-order valence-electron chi connectivity index (χ1n) is 13.6. The second kappa shape index (κ2) is 12.7. The first-order valence-corrected chi connectivity index (χ1v) is 14.0. The van der Waals surface area contributed by atoms with E-state index >= 15 is 0 Å². The van der Waals surface area contributed by atoms with E-state index in [1.807, 2.05) is 49.4 Å². The molecule has 0 saturated carbocycles. The van der Waals surface area contributed by atoms with E-state index in [2.05, 4.69) is 26.4 Å². The van der Waals surface area contributed by atoms with Gasteiger partial charge in [0.25, 0.3) is 5.91 Å². The van der Waals surface area contributed by atoms with E-state index in [-0.39, 0.29) is 47.6 Å². The van der Waals surface area contributed by atoms with Crippen LogP contribution in [-0.2, 0) is 4.79 Å². The summed E-state index contributed by atoms with van der Waals surface area (Å²) >= 11 is 6.17. The monoisotopic (exact) mass is 592 g/mol. The largest absolute Gasteiger partial charge is 0.504 e. The van der Waals surface area contributed by atoms with Crippen molar-refractivity contribution >= 4 is 34.8 Å². The fourth-order valence-electron chi connectivity index (χ4n) is 5.13. The summed E-state index contributed by atoms with van der Waals surface area (Å²) in [6.07, 6.45) is 0.280. The van der Waals surface area contributed by atoms with Gasteiger partial charge in [-0.2, -0.15) is 0 Å². The fraction of sp³-hybridized carbons (Fsp3) is 0.300. The number of hydrogen-bond acceptors (Lipinski definition) is 9. The zero-order valence-electron chi connectivity index (χ0n) is 23.2. The number of nitrogens with zero attached hydrogens (tertiary/aromatic N) is 2. The highest BCUT2D eigenvalue weighted by Gasteiger charge is 2.40. The van der Waals surface area contributed by atoms with Crippen molar-refractivity contribution in [1.82, 2.24) is 21.5 Å². The van der Waals surface area contributed by atoms with Crippen LogP contribution in [-0.4, -0.2) is 66.3 Å². The molecule has 2 amide bonds. The van der Waals surface area contributed by atoms with E-state index in [1.165, 1.54) is 18.2 Å². The van der Waals surface area contributed by atoms with Crippen molar-refractivity contribution in [2.75, 3.05) is 25.1 Å². The number of aliphatic imine (C=N–C) groups is 1. The maximum Gasteiger partial charge on any atom is 0.251 e. The summed E-state index contributed by atoms with van der Waals surface area (Å²) in [5.74, 6) is -0.511. The SMILES string of the molecule is COc1ccc2c(c1)C(c1ccc(Cl)cc1)=NC(CC(=O)NCCCNC(=O)c1ccc(O)c(O)c1)C1NNC(C)N21. The summed E-state index contributed by atoms with van der Waals surface area (Å²) in [4.78, 5) is 32.7. The van der Waals surface area contributed by atoms with Gasteiger partial charge in [0.2, 0.25) is 5.91 Å². The van der Waals surface area contributed by atoms with E-state index in [0.717, 1.165) is 22.5 Å². The Labute approximate surface area is 248 Å². The summed E-state index contributed by atoms with van der Waals surface area (Å²) in [5, 5.41) is 25.3. The quantitative estimate of drug-likeness (QED) is 0.164. The van der Waals surface area contributed by atoms with Crippen LogP contribution < -0.4 is 31.1 Å². The van der Waals surface area contributed by atoms with Gasteiger partial charge in [0.05, 0.1) is 31.4 Å². The lowest BCUT2D eigenvalue weighted by atomic mass is 9.99. The number of carbonyl (C=O) groups excluding carboxylic acids is 2. The Morgan fingerprint density at radius 2 is 1.76 bits per heavy atom. The molecule has 0 aromatic heterocycles. The molecule has 6 N–H and O–H groups in total. The van der Waals surface area contributed by atoms with Gasteiger partial charge in [-0.1, -0.05) is 23.7 Å². The van der Waals surface area contributed by atoms with E-state index in [1.54, 1.807) is 7.11 Å². The Kier molecular flexibility index (Phi) is 8.81. The van der Waals surface area contributed by atoms with E-state index in [9.17, 15) is 19.8 Å². The van der Waals surface area contributed by atoms with Crippen molar-refractivity contribution in [2.45, 2.75) is 38.1 Å². The number of fused-ring (bicyclic) bond motifs is 3. The molecule has 3 aromatic rings. The molecule has 2 heterocycles. The zero-order chi connectivity index (χ0) is 29.8. The van der Waals surface area contributed by atoms with Gasteiger partial charge in [0, 0.05) is 40.5 Å². The minimum atomic E-state index is -0.437. The van der Waals surface area contributed by atoms with Gasteiger partial charge in [0.15, 0.2) is 11.5 Å². The second-order valence-corrected chi connectivity index (χ2v) is 10.6. The summed E-state index contributed by atoms with van der Waals surface area (Å²) in [6, 6.07) is 16.8. The van der Waals surface area contributed by atoms with Gasteiger partial charge in [-0.3, -0.25) is 14.6 Å². The lowest BCUT2D eigenvalue weighted by Gasteiger charge is -2.31. The van der Waals surface area contributed by atoms with Crippen LogP contribution in [0.3, 0.4) is 0 Å². The van der Waals surface area contributed by atoms with Gasteiger partial charge in [-0.05, 0) is 61.9 Å². The minimum Gasteiger partial charge on any atom is -0.504 e. The van der Waals surface area contributed by atoms with E-state index in [4.69, 9.17) is 21.3 Å². The average molecular weight is 593 g/mol. The van der Waals surface area contributed by atoms with Gasteiger partial charge in [-0.25, -0.2) is 10.9 Å². The number of methoxy groups -OCH3 is 1. The third-order valence-corrected chi connectivity index (χ3v) is 7.52. The number of anilines is 1. The number of carbonyl (C=O) groups is 2. The predicted molar refractivity (Wildman–Crippen MR) is 160 cm³/mol. The highest BCUT2D eigenvalue weighted by molar-refractivity contribution is 6.30. The van der Waals surface area contributed by atoms with Crippen molar-refractivity contribution in [1.29, 1.82) is 0 Å². The molecule has 12 heteroatoms. The number of rotatable bonds is 9. The molecule has 0 aliphatic carbocycles. The van der Waals surface area contributed by atoms with Crippen LogP contribution in [0.15, 0.2) is 65.7 Å². The Hall–Kier alpha value is -4.32. The molecule has 2 aliphatic heterocycles. The Morgan fingerprint density at radius 1 is 1.00 bits per heavy atom. The number of aromatic hydroxyl groups is 2. The van der Waals surface area contributed by atoms with E-state index in [0.29, 0.717) is 30.3 Å². The van der Waals surface area contributed by atoms with Crippen LogP contribution in [0.1, 0.15) is 41.3 Å². The lowest BCUT2D eigenvalue weighted by Crippen LogP contribution is -2.47. The number of phenols is 2. The number of hydrogen-bond donors (Lipinski definition) is 6. The Morgan fingerprint density at radius 3 is 2.50 bits per heavy atom. The number of phenolic OH excluding ortho intramolecular Hbond substituents is 2. The first-order chi connectivity index (χ1) is 20.2. The molecule has 1 saturated heterocycles. The maximum atomic E-state index is 13.1. The molecular weight excluding hydrogens is 560 g/mol. The van der Waals surface area contributed by atoms with Crippen molar-refractivity contribution < 1.29 is 24.5 Å². The molecular formula is C30H33ClN6O5. The van der Waals surface area contributed by atoms with Gasteiger partial charge >= 0.3 is 0 Å². The molecule has 3 atom stereocenters. The first kappa shape index (κ1) is 29.2. The number of nitrogens with one attached hydrogen (secondary N) is 4. The van der Waals surface area contributed by atoms with Crippen LogP contribution in [0, 0.1) is 0 Å². The topological polar surface area (TPSA) is 148 Å². The molecule has 5 rings (SSSR count). The fourth-order valence-corrected chi connectivity index (χ4v) is 5.26. The summed E-state index contributed by atoms with van der Waals surface area (Å²) in [6.45, 7) is 2.72. The van der Waals surface area contributed by atoms with Crippen LogP contribution in [0.4, 0.5) is 5.69 Å². The molecule has 0 bridgehead atoms. The van der Waals surface area contributed by atoms with Crippen LogP contribution >= 0.6 is 11.6 Å². The van der Waals surface area contributed by atoms with Crippen molar-refractivity contribution in [3.05, 3.63) is 82.4 Å². The van der Waals surface area contributed by atoms with Crippen LogP contribution in [0.2, 0.25) is 5.02 Å². The molecule has 3 unspecified atom stereocenters. The maximum absolute atomic E-state index is 13.1. The highest BCUT2D eigenvalue weighted by Crippen LogP contribution is 2.36. The second-order valence-electron chi connectivity index (χ2n) is 10.1. The smallest absolute Gasteiger partial charge is 0.251 e. The van der Waals surface area contributed by atoms with Crippen molar-refractivity contribution in [2.24, 2.45) is 4.99 Å². The standard InChI is InChI=1S/C30H33ClN6O5/c1-17-35-36-29-23(16-27(40)32-12-3-13-33-30(41)19-6-11-25(38)26(39)14-19)34-28(18-4-7-20(31)8-5-18)22-15-21(42-2)9-10-24(22)37(17)29/h4-11,14-15,17,23,29,35-36,38-39H,3,12-13,16H2,1-2H3,(H,32,40)(H,33,41). The summed E-state index contributed by atoms with van der Waals surface area (Å²) in [7, 11) is 1.62. The minimum absolute atomic E-state index is 0.0634. The lowest BCUT2D eigenvalue weighted by molar-refractivity contribution is -0.121. The van der Waals surface area contributed by atoms with Crippen LogP contribution in [0.5, 0.6) is 17.2 Å². The molecule has 0 radical (unpaired) electrons. The molecule has 3 aromatic carbocycles. The number of ether oxygens (including phenoxy) is 1. The van der Waals surface area contributed by atoms with Gasteiger partial charge < -0.3 is 30.5 Å². The number of benzene rings is 3. The molecule has 2 aliphatic rings. The van der Waals surface area contributed by atoms with Gasteiger partial charge in [0.1, 0.15) is 11.9 Å². The number of hydrazine groups is 1. The highest BCUT2D eigenvalue weighted by atomic mass is 35.5. The zero-order valence-corrected chi connectivity index (χ0v) is 24.0. The van der Waals surface area contributed by atoms with Crippen LogP contribution in [0.25, 0.3) is 0 Å². The van der Waals surface area contributed by atoms with Crippen molar-refractivity contribution in [3.63, 3.8) is 0 Å². The average Bonchev–Trinajstić information content (AvgIpc) is 3.31. The van der Waals surface area contributed by atoms with Crippen molar-refractivity contribution in [3.8, 4) is 17.2 Å². The number of halogens is 1. The molecule has 0 spiro atoms. The molecule has 1 fully saturated rings.